The maximum atomic E-state index is 3.54. The summed E-state index contributed by atoms with van der Waals surface area (Å²) < 4.78 is 0. The van der Waals surface area contributed by atoms with Crippen molar-refractivity contribution in [2.75, 3.05) is 0 Å². The number of hydrogen-bond acceptors (Lipinski definition) is 0. The Morgan fingerprint density at radius 3 is 2.89 bits per heavy atom. The molecule has 0 aromatic rings. The second kappa shape index (κ2) is 7.26. The fraction of sp³-hybridized carbons (Fsp3) is 0.444. The Balaban J connectivity index is 3.23. The Morgan fingerprint density at radius 2 is 2.33 bits per heavy atom. The third-order valence-electron chi connectivity index (χ3n) is 1.03. The average molecular weight is 122 g/mol. The van der Waals surface area contributed by atoms with Gasteiger partial charge >= 0.3 is 0 Å². The van der Waals surface area contributed by atoms with Crippen LogP contribution in [0.5, 0.6) is 0 Å². The van der Waals surface area contributed by atoms with Crippen molar-refractivity contribution < 1.29 is 0 Å². The molecule has 0 atom stereocenters. The highest BCUT2D eigenvalue weighted by Gasteiger charge is 1.73. The van der Waals surface area contributed by atoms with Gasteiger partial charge in [-0.15, -0.1) is 5.73 Å². The zero-order chi connectivity index (χ0) is 6.95. The maximum Gasteiger partial charge on any atom is -0.0209 e. The molecule has 0 unspecified atom stereocenters. The molecule has 0 saturated carbocycles. The van der Waals surface area contributed by atoms with Crippen LogP contribution in [0.2, 0.25) is 0 Å². The Labute approximate surface area is 57.6 Å². The van der Waals surface area contributed by atoms with Crippen molar-refractivity contribution in [3.05, 3.63) is 30.5 Å². The van der Waals surface area contributed by atoms with Gasteiger partial charge < -0.3 is 0 Å². The molecule has 0 rings (SSSR count). The first-order valence-corrected chi connectivity index (χ1v) is 3.43. The Kier molecular flexibility index (Phi) is 6.66. The van der Waals surface area contributed by atoms with E-state index in [1.807, 2.05) is 12.2 Å². The molecular weight excluding hydrogens is 108 g/mol. The van der Waals surface area contributed by atoms with Gasteiger partial charge in [0.1, 0.15) is 0 Å². The lowest BCUT2D eigenvalue weighted by Gasteiger charge is -1.82. The van der Waals surface area contributed by atoms with Crippen molar-refractivity contribution in [1.82, 2.24) is 0 Å². The van der Waals surface area contributed by atoms with E-state index in [2.05, 4.69) is 19.2 Å². The van der Waals surface area contributed by atoms with Crippen LogP contribution in [0.15, 0.2) is 30.5 Å². The lowest BCUT2D eigenvalue weighted by Crippen LogP contribution is -1.63. The standard InChI is InChI=1S/C9H14/c1-3-5-7-9-8-6-4-2/h3,5,9H,1,4,6,8H2,2H3. The van der Waals surface area contributed by atoms with Gasteiger partial charge in [-0.3, -0.25) is 0 Å². The van der Waals surface area contributed by atoms with Crippen LogP contribution in [0.1, 0.15) is 26.2 Å². The monoisotopic (exact) mass is 122 g/mol. The summed E-state index contributed by atoms with van der Waals surface area (Å²) in [5, 5.41) is 0. The normalized spacial score (nSPS) is 7.67. The van der Waals surface area contributed by atoms with Crippen LogP contribution in [0, 0.1) is 0 Å². The zero-order valence-electron chi connectivity index (χ0n) is 6.06. The van der Waals surface area contributed by atoms with Crippen molar-refractivity contribution in [2.45, 2.75) is 26.2 Å². The van der Waals surface area contributed by atoms with E-state index in [-0.39, 0.29) is 0 Å². The predicted molar refractivity (Wildman–Crippen MR) is 42.4 cm³/mol. The minimum Gasteiger partial charge on any atom is -0.125 e. The van der Waals surface area contributed by atoms with Gasteiger partial charge in [-0.2, -0.15) is 0 Å². The van der Waals surface area contributed by atoms with Gasteiger partial charge in [0.25, 0.3) is 0 Å². The largest absolute Gasteiger partial charge is 0.125 e. The highest BCUT2D eigenvalue weighted by atomic mass is 13.8. The van der Waals surface area contributed by atoms with Crippen LogP contribution in [0.3, 0.4) is 0 Å². The minimum absolute atomic E-state index is 1.14. The lowest BCUT2D eigenvalue weighted by atomic mass is 10.2. The summed E-state index contributed by atoms with van der Waals surface area (Å²) in [5.41, 5.74) is 3.00. The highest BCUT2D eigenvalue weighted by molar-refractivity contribution is 4.97. The van der Waals surface area contributed by atoms with Gasteiger partial charge in [0.2, 0.25) is 0 Å². The summed E-state index contributed by atoms with van der Waals surface area (Å²) in [4.78, 5) is 0. The van der Waals surface area contributed by atoms with E-state index in [1.54, 1.807) is 6.08 Å². The Bertz CT molecular complexity index is 114. The number of allylic oxidation sites excluding steroid dienone is 2. The van der Waals surface area contributed by atoms with Gasteiger partial charge in [0, 0.05) is 0 Å². The summed E-state index contributed by atoms with van der Waals surface area (Å²) in [6, 6.07) is 0. The second-order valence-electron chi connectivity index (χ2n) is 1.92. The van der Waals surface area contributed by atoms with Gasteiger partial charge in [0.05, 0.1) is 0 Å². The second-order valence-corrected chi connectivity index (χ2v) is 1.92. The predicted octanol–water partition coefficient (Wildman–Crippen LogP) is 3.07. The first-order chi connectivity index (χ1) is 4.41. The molecule has 0 radical (unpaired) electrons. The average Bonchev–Trinajstić information content (AvgIpc) is 1.89. The molecule has 0 aliphatic heterocycles. The minimum atomic E-state index is 1.14. The molecule has 0 aromatic heterocycles. The number of hydrogen-bond donors (Lipinski definition) is 0. The topological polar surface area (TPSA) is 0 Å². The maximum absolute atomic E-state index is 3.54. The molecule has 0 aliphatic carbocycles. The Hall–Kier alpha value is -0.740. The van der Waals surface area contributed by atoms with Crippen LogP contribution < -0.4 is 0 Å². The first-order valence-electron chi connectivity index (χ1n) is 3.43. The third-order valence-corrected chi connectivity index (χ3v) is 1.03. The van der Waals surface area contributed by atoms with Crippen LogP contribution in [-0.4, -0.2) is 0 Å². The summed E-state index contributed by atoms with van der Waals surface area (Å²) in [6.45, 7) is 5.73. The van der Waals surface area contributed by atoms with Crippen LogP contribution in [-0.2, 0) is 0 Å². The van der Waals surface area contributed by atoms with Gasteiger partial charge in [-0.05, 0) is 25.0 Å². The fourth-order valence-electron chi connectivity index (χ4n) is 0.526. The molecule has 0 bridgehead atoms. The molecule has 0 saturated heterocycles. The molecule has 0 N–H and O–H groups in total. The first kappa shape index (κ1) is 8.26. The summed E-state index contributed by atoms with van der Waals surface area (Å²) in [6.07, 6.45) is 9.27. The van der Waals surface area contributed by atoms with Crippen molar-refractivity contribution >= 4 is 0 Å². The van der Waals surface area contributed by atoms with E-state index >= 15 is 0 Å². The van der Waals surface area contributed by atoms with E-state index in [1.165, 1.54) is 12.8 Å². The molecule has 0 aliphatic rings. The van der Waals surface area contributed by atoms with Crippen LogP contribution >= 0.6 is 0 Å². The molecular formula is C9H14. The van der Waals surface area contributed by atoms with Crippen molar-refractivity contribution in [2.24, 2.45) is 0 Å². The smallest absolute Gasteiger partial charge is 0.0209 e. The molecule has 0 fully saturated rings. The van der Waals surface area contributed by atoms with Crippen molar-refractivity contribution in [1.29, 1.82) is 0 Å². The SMILES string of the molecule is C=CC=C=CCCCC. The molecule has 9 heavy (non-hydrogen) atoms. The molecule has 0 nitrogen and oxygen atoms in total. The molecule has 0 heteroatoms. The fourth-order valence-corrected chi connectivity index (χ4v) is 0.526. The van der Waals surface area contributed by atoms with E-state index in [9.17, 15) is 0 Å². The highest BCUT2D eigenvalue weighted by Crippen LogP contribution is 1.92. The van der Waals surface area contributed by atoms with E-state index in [4.69, 9.17) is 0 Å². The third kappa shape index (κ3) is 7.26. The summed E-state index contributed by atoms with van der Waals surface area (Å²) >= 11 is 0. The van der Waals surface area contributed by atoms with E-state index in [0.717, 1.165) is 6.42 Å². The summed E-state index contributed by atoms with van der Waals surface area (Å²) in [7, 11) is 0. The van der Waals surface area contributed by atoms with Crippen LogP contribution in [0.25, 0.3) is 0 Å². The van der Waals surface area contributed by atoms with Gasteiger partial charge in [0.15, 0.2) is 0 Å². The van der Waals surface area contributed by atoms with Gasteiger partial charge in [-0.1, -0.05) is 26.0 Å². The molecule has 0 amide bonds. The Morgan fingerprint density at radius 1 is 1.56 bits per heavy atom. The molecule has 50 valence electrons. The number of rotatable bonds is 4. The molecule has 0 aromatic carbocycles. The molecule has 0 heterocycles. The zero-order valence-corrected chi connectivity index (χ0v) is 6.06. The van der Waals surface area contributed by atoms with E-state index < -0.39 is 0 Å². The van der Waals surface area contributed by atoms with Gasteiger partial charge in [-0.25, -0.2) is 0 Å². The number of unbranched alkanes of at least 4 members (excludes halogenated alkanes) is 2. The lowest BCUT2D eigenvalue weighted by molar-refractivity contribution is 0.815. The van der Waals surface area contributed by atoms with Crippen molar-refractivity contribution in [3.8, 4) is 0 Å². The van der Waals surface area contributed by atoms with Crippen molar-refractivity contribution in [3.63, 3.8) is 0 Å². The quantitative estimate of drug-likeness (QED) is 0.305. The van der Waals surface area contributed by atoms with Crippen LogP contribution in [0.4, 0.5) is 0 Å². The van der Waals surface area contributed by atoms with E-state index in [0.29, 0.717) is 0 Å². The molecule has 0 spiro atoms. The summed E-state index contributed by atoms with van der Waals surface area (Å²) in [5.74, 6) is 0.